The summed E-state index contributed by atoms with van der Waals surface area (Å²) in [6.45, 7) is 3.86. The minimum absolute atomic E-state index is 0.193. The van der Waals surface area contributed by atoms with Gasteiger partial charge < -0.3 is 10.1 Å². The van der Waals surface area contributed by atoms with Gasteiger partial charge in [-0.1, -0.05) is 36.4 Å². The predicted molar refractivity (Wildman–Crippen MR) is 126 cm³/mol. The highest BCUT2D eigenvalue weighted by Crippen LogP contribution is 2.37. The lowest BCUT2D eigenvalue weighted by molar-refractivity contribution is -0.124. The molecular formula is C26H31N3O3. The Morgan fingerprint density at radius 1 is 1.25 bits per heavy atom. The van der Waals surface area contributed by atoms with Crippen LogP contribution in [0.25, 0.3) is 16.5 Å². The van der Waals surface area contributed by atoms with Gasteiger partial charge in [0, 0.05) is 48.9 Å². The first-order valence-corrected chi connectivity index (χ1v) is 11.3. The fourth-order valence-electron chi connectivity index (χ4n) is 4.83. The van der Waals surface area contributed by atoms with Gasteiger partial charge in [-0.3, -0.25) is 14.9 Å². The van der Waals surface area contributed by atoms with Crippen molar-refractivity contribution in [1.29, 1.82) is 0 Å². The zero-order chi connectivity index (χ0) is 22.5. The number of aryl methyl sites for hydroxylation is 1. The molecule has 0 aliphatic heterocycles. The van der Waals surface area contributed by atoms with E-state index < -0.39 is 5.91 Å². The van der Waals surface area contributed by atoms with Crippen molar-refractivity contribution >= 4 is 22.4 Å². The van der Waals surface area contributed by atoms with Crippen LogP contribution in [0.5, 0.6) is 0 Å². The summed E-state index contributed by atoms with van der Waals surface area (Å²) in [7, 11) is 0. The number of aliphatic hydroxyl groups excluding tert-OH is 1. The Balaban J connectivity index is 1.52. The summed E-state index contributed by atoms with van der Waals surface area (Å²) in [6, 6.07) is 15.1. The number of aromatic amines is 1. The molecule has 1 amide bonds. The van der Waals surface area contributed by atoms with Gasteiger partial charge in [0.05, 0.1) is 0 Å². The van der Waals surface area contributed by atoms with Gasteiger partial charge in [-0.15, -0.1) is 0 Å². The number of rotatable bonds is 9. The number of aromatic nitrogens is 1. The van der Waals surface area contributed by atoms with E-state index in [4.69, 9.17) is 5.21 Å². The fraction of sp³-hybridized carbons (Fsp3) is 0.346. The van der Waals surface area contributed by atoms with Crippen LogP contribution in [0.15, 0.2) is 54.7 Å². The third kappa shape index (κ3) is 4.78. The van der Waals surface area contributed by atoms with Crippen LogP contribution < -0.4 is 5.48 Å². The number of aliphatic hydroxyl groups is 1. The number of hydrogen-bond acceptors (Lipinski definition) is 4. The summed E-state index contributed by atoms with van der Waals surface area (Å²) in [4.78, 5) is 17.3. The molecule has 1 aliphatic rings. The van der Waals surface area contributed by atoms with Crippen molar-refractivity contribution < 1.29 is 15.1 Å². The maximum absolute atomic E-state index is 11.5. The molecule has 0 saturated carbocycles. The van der Waals surface area contributed by atoms with E-state index in [1.54, 1.807) is 5.48 Å². The molecule has 1 aromatic heterocycles. The fourth-order valence-corrected chi connectivity index (χ4v) is 4.83. The topological polar surface area (TPSA) is 88.6 Å². The number of hydrogen-bond donors (Lipinski definition) is 4. The number of carbonyl (C=O) groups excluding carboxylic acids is 1. The van der Waals surface area contributed by atoms with Crippen LogP contribution >= 0.6 is 0 Å². The second kappa shape index (κ2) is 10.1. The zero-order valence-corrected chi connectivity index (χ0v) is 18.5. The van der Waals surface area contributed by atoms with Gasteiger partial charge in [-0.05, 0) is 66.5 Å². The van der Waals surface area contributed by atoms with Crippen molar-refractivity contribution in [3.63, 3.8) is 0 Å². The molecule has 1 unspecified atom stereocenters. The lowest BCUT2D eigenvalue weighted by Crippen LogP contribution is -2.31. The van der Waals surface area contributed by atoms with Crippen molar-refractivity contribution in [2.75, 3.05) is 19.7 Å². The molecule has 1 atom stereocenters. The number of amides is 1. The molecule has 3 aromatic rings. The lowest BCUT2D eigenvalue weighted by atomic mass is 9.99. The Labute approximate surface area is 188 Å². The van der Waals surface area contributed by atoms with Gasteiger partial charge >= 0.3 is 0 Å². The van der Waals surface area contributed by atoms with E-state index in [9.17, 15) is 9.90 Å². The second-order valence-electron chi connectivity index (χ2n) is 8.49. The van der Waals surface area contributed by atoms with Crippen molar-refractivity contribution in [1.82, 2.24) is 15.4 Å². The number of H-pyrrole nitrogens is 1. The van der Waals surface area contributed by atoms with Crippen molar-refractivity contribution in [2.24, 2.45) is 0 Å². The van der Waals surface area contributed by atoms with Crippen LogP contribution in [0.2, 0.25) is 0 Å². The highest BCUT2D eigenvalue weighted by Gasteiger charge is 2.28. The molecule has 168 valence electrons. The summed E-state index contributed by atoms with van der Waals surface area (Å²) >= 11 is 0. The lowest BCUT2D eigenvalue weighted by Gasteiger charge is -2.29. The highest BCUT2D eigenvalue weighted by atomic mass is 16.5. The molecule has 32 heavy (non-hydrogen) atoms. The number of carbonyl (C=O) groups is 1. The van der Waals surface area contributed by atoms with E-state index in [1.165, 1.54) is 33.7 Å². The van der Waals surface area contributed by atoms with E-state index in [-0.39, 0.29) is 6.61 Å². The summed E-state index contributed by atoms with van der Waals surface area (Å²) in [5.41, 5.74) is 8.61. The molecule has 0 fully saturated rings. The summed E-state index contributed by atoms with van der Waals surface area (Å²) < 4.78 is 0. The molecule has 0 spiro atoms. The first-order valence-electron chi connectivity index (χ1n) is 11.3. The molecular weight excluding hydrogens is 402 g/mol. The zero-order valence-electron chi connectivity index (χ0n) is 18.5. The second-order valence-corrected chi connectivity index (χ2v) is 8.49. The third-order valence-electron chi connectivity index (χ3n) is 6.49. The average molecular weight is 434 g/mol. The quantitative estimate of drug-likeness (QED) is 0.233. The Kier molecular flexibility index (Phi) is 7.05. The van der Waals surface area contributed by atoms with E-state index in [0.717, 1.165) is 49.9 Å². The first kappa shape index (κ1) is 22.3. The van der Waals surface area contributed by atoms with Gasteiger partial charge in [0.25, 0.3) is 5.91 Å². The predicted octanol–water partition coefficient (Wildman–Crippen LogP) is 3.99. The molecule has 2 aromatic carbocycles. The van der Waals surface area contributed by atoms with E-state index in [2.05, 4.69) is 52.5 Å². The molecule has 6 nitrogen and oxygen atoms in total. The largest absolute Gasteiger partial charge is 0.396 e. The smallest absolute Gasteiger partial charge is 0.267 e. The molecule has 0 bridgehead atoms. The number of benzene rings is 2. The minimum Gasteiger partial charge on any atom is -0.396 e. The van der Waals surface area contributed by atoms with Crippen molar-refractivity contribution in [2.45, 2.75) is 38.6 Å². The summed E-state index contributed by atoms with van der Waals surface area (Å²) in [5, 5.41) is 19.5. The van der Waals surface area contributed by atoms with E-state index in [0.29, 0.717) is 6.04 Å². The Morgan fingerprint density at radius 3 is 2.91 bits per heavy atom. The van der Waals surface area contributed by atoms with Crippen molar-refractivity contribution in [3.8, 4) is 0 Å². The normalized spacial score (nSPS) is 16.0. The van der Waals surface area contributed by atoms with Gasteiger partial charge in [-0.25, -0.2) is 5.48 Å². The van der Waals surface area contributed by atoms with Crippen LogP contribution in [0.3, 0.4) is 0 Å². The standard InChI is InChI=1S/C26H31N3O3/c1-18(15-26(31)28-32)19-7-9-23-20(16-19)8-10-25(23)29(12-4-14-30)13-11-21-17-27-24-6-3-2-5-22(21)24/h2-3,5-7,9,15-17,25,27,30,32H,4,8,10-14H2,1H3,(H,28,31)/b18-15+. The van der Waals surface area contributed by atoms with Crippen LogP contribution in [-0.2, 0) is 17.6 Å². The van der Waals surface area contributed by atoms with Crippen LogP contribution in [-0.4, -0.2) is 45.8 Å². The van der Waals surface area contributed by atoms with Gasteiger partial charge in [0.15, 0.2) is 0 Å². The molecule has 1 aliphatic carbocycles. The van der Waals surface area contributed by atoms with Gasteiger partial charge in [0.1, 0.15) is 0 Å². The van der Waals surface area contributed by atoms with E-state index >= 15 is 0 Å². The molecule has 6 heteroatoms. The number of para-hydroxylation sites is 1. The first-order chi connectivity index (χ1) is 15.6. The Hall–Kier alpha value is -2.93. The SMILES string of the molecule is C/C(=C\C(=O)NO)c1ccc2c(c1)CCC2N(CCCO)CCc1c[nH]c2ccccc12. The van der Waals surface area contributed by atoms with Crippen LogP contribution in [0, 0.1) is 0 Å². The summed E-state index contributed by atoms with van der Waals surface area (Å²) in [5.74, 6) is -0.520. The number of nitrogens with one attached hydrogen (secondary N) is 2. The van der Waals surface area contributed by atoms with Gasteiger partial charge in [-0.2, -0.15) is 0 Å². The number of nitrogens with zero attached hydrogens (tertiary/aromatic N) is 1. The molecule has 1 heterocycles. The van der Waals surface area contributed by atoms with E-state index in [1.807, 2.05) is 13.0 Å². The monoisotopic (exact) mass is 433 g/mol. The molecule has 4 rings (SSSR count). The van der Waals surface area contributed by atoms with Crippen LogP contribution in [0.4, 0.5) is 0 Å². The van der Waals surface area contributed by atoms with Gasteiger partial charge in [0.2, 0.25) is 0 Å². The Bertz CT molecular complexity index is 1120. The average Bonchev–Trinajstić information content (AvgIpc) is 3.43. The summed E-state index contributed by atoms with van der Waals surface area (Å²) in [6.07, 6.45) is 7.28. The van der Waals surface area contributed by atoms with Crippen molar-refractivity contribution in [3.05, 3.63) is 77.0 Å². The molecule has 0 radical (unpaired) electrons. The maximum atomic E-state index is 11.5. The Morgan fingerprint density at radius 2 is 2.09 bits per heavy atom. The molecule has 0 saturated heterocycles. The third-order valence-corrected chi connectivity index (χ3v) is 6.49. The number of allylic oxidation sites excluding steroid dienone is 1. The minimum atomic E-state index is -0.520. The number of hydroxylamine groups is 1. The maximum Gasteiger partial charge on any atom is 0.267 e. The molecule has 4 N–H and O–H groups in total. The number of fused-ring (bicyclic) bond motifs is 2. The highest BCUT2D eigenvalue weighted by molar-refractivity contribution is 5.94. The van der Waals surface area contributed by atoms with Crippen LogP contribution in [0.1, 0.15) is 48.1 Å².